The van der Waals surface area contributed by atoms with Gasteiger partial charge < -0.3 is 5.32 Å². The van der Waals surface area contributed by atoms with Gasteiger partial charge in [0.15, 0.2) is 0 Å². The molecule has 0 amide bonds. The molecule has 2 heteroatoms. The molecule has 0 bridgehead atoms. The van der Waals surface area contributed by atoms with E-state index in [9.17, 15) is 0 Å². The van der Waals surface area contributed by atoms with Crippen LogP contribution in [0, 0.1) is 6.92 Å². The quantitative estimate of drug-likeness (QED) is 0.753. The molecule has 0 saturated carbocycles. The summed E-state index contributed by atoms with van der Waals surface area (Å²) in [5, 5.41) is 3.32. The molecule has 1 N–H and O–H groups in total. The van der Waals surface area contributed by atoms with Crippen molar-refractivity contribution < 1.29 is 0 Å². The van der Waals surface area contributed by atoms with E-state index in [4.69, 9.17) is 0 Å². The van der Waals surface area contributed by atoms with Crippen LogP contribution in [0.3, 0.4) is 0 Å². The molecule has 0 aliphatic rings. The first-order valence-electron chi connectivity index (χ1n) is 7.18. The molecule has 1 unspecified atom stereocenters. The standard InChI is InChI=1S/C18H23NS/c1-15-8-10-16(11-9-15)17(14-19-2)12-13-20-18-6-4-3-5-7-18/h3-11,17,19H,12-14H2,1-2H3. The van der Waals surface area contributed by atoms with Crippen molar-refractivity contribution in [1.29, 1.82) is 0 Å². The number of nitrogens with one attached hydrogen (secondary N) is 1. The van der Waals surface area contributed by atoms with Crippen molar-refractivity contribution >= 4 is 11.8 Å². The molecule has 2 aromatic rings. The van der Waals surface area contributed by atoms with Crippen LogP contribution in [-0.2, 0) is 0 Å². The van der Waals surface area contributed by atoms with Gasteiger partial charge in [0.2, 0.25) is 0 Å². The second kappa shape index (κ2) is 8.13. The van der Waals surface area contributed by atoms with Crippen LogP contribution in [0.4, 0.5) is 0 Å². The summed E-state index contributed by atoms with van der Waals surface area (Å²) in [4.78, 5) is 1.36. The van der Waals surface area contributed by atoms with Crippen LogP contribution in [0.15, 0.2) is 59.5 Å². The lowest BCUT2D eigenvalue weighted by Crippen LogP contribution is -2.17. The highest BCUT2D eigenvalue weighted by molar-refractivity contribution is 7.99. The summed E-state index contributed by atoms with van der Waals surface area (Å²) in [5.41, 5.74) is 2.77. The average molecular weight is 285 g/mol. The van der Waals surface area contributed by atoms with Gasteiger partial charge in [-0.1, -0.05) is 48.0 Å². The minimum absolute atomic E-state index is 0.594. The molecule has 0 aliphatic carbocycles. The number of likely N-dealkylation sites (N-methyl/N-ethyl adjacent to an activating group) is 1. The van der Waals surface area contributed by atoms with E-state index in [0.29, 0.717) is 5.92 Å². The van der Waals surface area contributed by atoms with Crippen molar-refractivity contribution in [1.82, 2.24) is 5.32 Å². The number of benzene rings is 2. The van der Waals surface area contributed by atoms with E-state index in [1.54, 1.807) is 0 Å². The largest absolute Gasteiger partial charge is 0.319 e. The molecule has 106 valence electrons. The van der Waals surface area contributed by atoms with Crippen LogP contribution < -0.4 is 5.32 Å². The lowest BCUT2D eigenvalue weighted by Gasteiger charge is -2.17. The van der Waals surface area contributed by atoms with Gasteiger partial charge in [0.05, 0.1) is 0 Å². The Bertz CT molecular complexity index is 493. The lowest BCUT2D eigenvalue weighted by atomic mass is 9.95. The second-order valence-corrected chi connectivity index (χ2v) is 6.28. The predicted octanol–water partition coefficient (Wildman–Crippen LogP) is 4.48. The summed E-state index contributed by atoms with van der Waals surface area (Å²) in [7, 11) is 2.03. The Labute approximate surface area is 126 Å². The van der Waals surface area contributed by atoms with Gasteiger partial charge in [-0.05, 0) is 49.8 Å². The van der Waals surface area contributed by atoms with Gasteiger partial charge in [0.25, 0.3) is 0 Å². The van der Waals surface area contributed by atoms with E-state index in [0.717, 1.165) is 12.3 Å². The summed E-state index contributed by atoms with van der Waals surface area (Å²) >= 11 is 1.94. The van der Waals surface area contributed by atoms with Crippen molar-refractivity contribution in [3.05, 3.63) is 65.7 Å². The van der Waals surface area contributed by atoms with Crippen LogP contribution in [0.5, 0.6) is 0 Å². The molecule has 1 atom stereocenters. The molecule has 20 heavy (non-hydrogen) atoms. The molecule has 0 aromatic heterocycles. The van der Waals surface area contributed by atoms with E-state index in [1.165, 1.54) is 22.4 Å². The molecule has 0 fully saturated rings. The third-order valence-electron chi connectivity index (χ3n) is 3.48. The van der Waals surface area contributed by atoms with Crippen LogP contribution >= 0.6 is 11.8 Å². The zero-order valence-corrected chi connectivity index (χ0v) is 13.1. The van der Waals surface area contributed by atoms with Crippen molar-refractivity contribution in [2.45, 2.75) is 24.2 Å². The normalized spacial score (nSPS) is 12.3. The monoisotopic (exact) mass is 285 g/mol. The fourth-order valence-corrected chi connectivity index (χ4v) is 3.30. The highest BCUT2D eigenvalue weighted by Crippen LogP contribution is 2.25. The van der Waals surface area contributed by atoms with E-state index in [1.807, 2.05) is 18.8 Å². The Hall–Kier alpha value is -1.25. The minimum Gasteiger partial charge on any atom is -0.319 e. The Morgan fingerprint density at radius 1 is 1.00 bits per heavy atom. The molecular formula is C18H23NS. The number of hydrogen-bond acceptors (Lipinski definition) is 2. The Balaban J connectivity index is 1.90. The van der Waals surface area contributed by atoms with E-state index in [2.05, 4.69) is 66.8 Å². The molecule has 2 rings (SSSR count). The van der Waals surface area contributed by atoms with Crippen molar-refractivity contribution in [2.24, 2.45) is 0 Å². The summed E-state index contributed by atoms with van der Waals surface area (Å²) in [5.74, 6) is 1.75. The smallest absolute Gasteiger partial charge is 0.00719 e. The molecule has 0 aliphatic heterocycles. The van der Waals surface area contributed by atoms with Crippen molar-refractivity contribution in [2.75, 3.05) is 19.3 Å². The van der Waals surface area contributed by atoms with Gasteiger partial charge >= 0.3 is 0 Å². The number of rotatable bonds is 7. The highest BCUT2D eigenvalue weighted by Gasteiger charge is 2.10. The minimum atomic E-state index is 0.594. The molecule has 0 spiro atoms. The van der Waals surface area contributed by atoms with Crippen LogP contribution in [0.2, 0.25) is 0 Å². The number of hydrogen-bond donors (Lipinski definition) is 1. The highest BCUT2D eigenvalue weighted by atomic mass is 32.2. The summed E-state index contributed by atoms with van der Waals surface area (Å²) < 4.78 is 0. The first-order chi connectivity index (χ1) is 9.79. The van der Waals surface area contributed by atoms with Gasteiger partial charge in [-0.25, -0.2) is 0 Å². The topological polar surface area (TPSA) is 12.0 Å². The zero-order valence-electron chi connectivity index (χ0n) is 12.3. The molecule has 0 saturated heterocycles. The Morgan fingerprint density at radius 3 is 2.35 bits per heavy atom. The third-order valence-corrected chi connectivity index (χ3v) is 4.52. The fourth-order valence-electron chi connectivity index (χ4n) is 2.31. The van der Waals surface area contributed by atoms with Gasteiger partial charge in [-0.15, -0.1) is 11.8 Å². The third kappa shape index (κ3) is 4.69. The zero-order chi connectivity index (χ0) is 14.2. The van der Waals surface area contributed by atoms with Gasteiger partial charge in [0.1, 0.15) is 0 Å². The van der Waals surface area contributed by atoms with E-state index >= 15 is 0 Å². The maximum atomic E-state index is 3.32. The van der Waals surface area contributed by atoms with Gasteiger partial charge in [0, 0.05) is 11.4 Å². The first-order valence-corrected chi connectivity index (χ1v) is 8.17. The second-order valence-electron chi connectivity index (χ2n) is 5.12. The summed E-state index contributed by atoms with van der Waals surface area (Å²) in [6.45, 7) is 3.18. The summed E-state index contributed by atoms with van der Waals surface area (Å²) in [6.07, 6.45) is 1.20. The average Bonchev–Trinajstić information content (AvgIpc) is 2.48. The Kier molecular flexibility index (Phi) is 6.16. The summed E-state index contributed by atoms with van der Waals surface area (Å²) in [6, 6.07) is 19.6. The Morgan fingerprint density at radius 2 is 1.70 bits per heavy atom. The van der Waals surface area contributed by atoms with Crippen LogP contribution in [-0.4, -0.2) is 19.3 Å². The predicted molar refractivity (Wildman–Crippen MR) is 89.6 cm³/mol. The van der Waals surface area contributed by atoms with Crippen molar-refractivity contribution in [3.8, 4) is 0 Å². The fraction of sp³-hybridized carbons (Fsp3) is 0.333. The van der Waals surface area contributed by atoms with Crippen molar-refractivity contribution in [3.63, 3.8) is 0 Å². The number of aryl methyl sites for hydroxylation is 1. The number of thioether (sulfide) groups is 1. The molecule has 2 aromatic carbocycles. The van der Waals surface area contributed by atoms with Gasteiger partial charge in [-0.2, -0.15) is 0 Å². The molecule has 0 radical (unpaired) electrons. The maximum Gasteiger partial charge on any atom is 0.00719 e. The molecular weight excluding hydrogens is 262 g/mol. The molecule has 1 nitrogen and oxygen atoms in total. The maximum absolute atomic E-state index is 3.32. The molecule has 0 heterocycles. The SMILES string of the molecule is CNCC(CCSc1ccccc1)c1ccc(C)cc1. The lowest BCUT2D eigenvalue weighted by molar-refractivity contribution is 0.615. The van der Waals surface area contributed by atoms with Gasteiger partial charge in [-0.3, -0.25) is 0 Å². The van der Waals surface area contributed by atoms with Crippen LogP contribution in [0.25, 0.3) is 0 Å². The first kappa shape index (κ1) is 15.1. The van der Waals surface area contributed by atoms with E-state index < -0.39 is 0 Å². The van der Waals surface area contributed by atoms with Crippen LogP contribution in [0.1, 0.15) is 23.5 Å². The van der Waals surface area contributed by atoms with E-state index in [-0.39, 0.29) is 0 Å².